The number of hydrogen-bond donors (Lipinski definition) is 1. The van der Waals surface area contributed by atoms with E-state index in [-0.39, 0.29) is 0 Å². The van der Waals surface area contributed by atoms with Gasteiger partial charge in [0.2, 0.25) is 0 Å². The van der Waals surface area contributed by atoms with Gasteiger partial charge in [0.1, 0.15) is 16.7 Å². The summed E-state index contributed by atoms with van der Waals surface area (Å²) in [5, 5.41) is 6.35. The van der Waals surface area contributed by atoms with Gasteiger partial charge < -0.3 is 10.1 Å². The molecule has 2 aliphatic carbocycles. The fraction of sp³-hybridized carbons (Fsp3) is 0.318. The number of benzene rings is 2. The third-order valence-electron chi connectivity index (χ3n) is 6.07. The Bertz CT molecular complexity index is 987. The second-order valence-corrected chi connectivity index (χ2v) is 7.76. The van der Waals surface area contributed by atoms with Crippen LogP contribution in [0.5, 0.6) is 5.75 Å². The van der Waals surface area contributed by atoms with E-state index in [9.17, 15) is 0 Å². The highest BCUT2D eigenvalue weighted by Gasteiger charge is 2.44. The molecule has 132 valence electrons. The molecule has 0 bridgehead atoms. The first-order chi connectivity index (χ1) is 12.7. The molecule has 0 amide bonds. The molecule has 3 nitrogen and oxygen atoms in total. The van der Waals surface area contributed by atoms with Crippen LogP contribution in [0.25, 0.3) is 10.8 Å². The second kappa shape index (κ2) is 6.17. The summed E-state index contributed by atoms with van der Waals surface area (Å²) in [6.45, 7) is 0. The Morgan fingerprint density at radius 1 is 1.15 bits per heavy atom. The third kappa shape index (κ3) is 2.53. The number of rotatable bonds is 3. The maximum atomic E-state index is 6.28. The molecular formula is C22H21ClN2O. The SMILES string of the molecule is COc1ccc2c(NC3CC4c5ccccc5CCC34)nc(Cl)cc2c1. The van der Waals surface area contributed by atoms with Gasteiger partial charge in [-0.3, -0.25) is 0 Å². The Labute approximate surface area is 158 Å². The summed E-state index contributed by atoms with van der Waals surface area (Å²) in [5.74, 6) is 3.08. The first kappa shape index (κ1) is 16.0. The summed E-state index contributed by atoms with van der Waals surface area (Å²) in [6.07, 6.45) is 3.58. The summed E-state index contributed by atoms with van der Waals surface area (Å²) in [5.41, 5.74) is 3.08. The highest BCUT2D eigenvalue weighted by molar-refractivity contribution is 6.30. The number of hydrogen-bond acceptors (Lipinski definition) is 3. The normalized spacial score (nSPS) is 23.7. The van der Waals surface area contributed by atoms with Crippen LogP contribution >= 0.6 is 11.6 Å². The van der Waals surface area contributed by atoms with Crippen molar-refractivity contribution in [3.63, 3.8) is 0 Å². The third-order valence-corrected chi connectivity index (χ3v) is 6.27. The molecule has 4 heteroatoms. The molecule has 1 heterocycles. The lowest BCUT2D eigenvalue weighted by atomic mass is 9.60. The highest BCUT2D eigenvalue weighted by atomic mass is 35.5. The maximum Gasteiger partial charge on any atom is 0.135 e. The number of aryl methyl sites for hydroxylation is 1. The van der Waals surface area contributed by atoms with Crippen molar-refractivity contribution in [2.75, 3.05) is 12.4 Å². The van der Waals surface area contributed by atoms with E-state index in [4.69, 9.17) is 16.3 Å². The summed E-state index contributed by atoms with van der Waals surface area (Å²) < 4.78 is 5.34. The molecule has 0 spiro atoms. The van der Waals surface area contributed by atoms with Gasteiger partial charge in [-0.15, -0.1) is 0 Å². The fourth-order valence-electron chi connectivity index (χ4n) is 4.70. The van der Waals surface area contributed by atoms with Crippen molar-refractivity contribution in [1.29, 1.82) is 0 Å². The molecule has 1 fully saturated rings. The molecule has 1 aromatic heterocycles. The summed E-state index contributed by atoms with van der Waals surface area (Å²) >= 11 is 6.28. The molecule has 3 atom stereocenters. The van der Waals surface area contributed by atoms with Crippen molar-refractivity contribution in [2.24, 2.45) is 5.92 Å². The Morgan fingerprint density at radius 3 is 2.92 bits per heavy atom. The van der Waals surface area contributed by atoms with Crippen LogP contribution in [-0.2, 0) is 6.42 Å². The summed E-state index contributed by atoms with van der Waals surface area (Å²) in [6, 6.07) is 17.3. The largest absolute Gasteiger partial charge is 0.497 e. The number of pyridine rings is 1. The molecule has 5 rings (SSSR count). The van der Waals surface area contributed by atoms with Crippen LogP contribution in [0.4, 0.5) is 5.82 Å². The number of methoxy groups -OCH3 is 1. The molecule has 0 aliphatic heterocycles. The number of ether oxygens (including phenoxy) is 1. The molecule has 2 aliphatic rings. The van der Waals surface area contributed by atoms with Gasteiger partial charge in [-0.05, 0) is 71.9 Å². The van der Waals surface area contributed by atoms with E-state index in [0.29, 0.717) is 23.0 Å². The minimum absolute atomic E-state index is 0.463. The number of halogens is 1. The van der Waals surface area contributed by atoms with Crippen molar-refractivity contribution in [2.45, 2.75) is 31.2 Å². The van der Waals surface area contributed by atoms with E-state index in [1.807, 2.05) is 18.2 Å². The number of nitrogens with one attached hydrogen (secondary N) is 1. The molecule has 0 saturated heterocycles. The Balaban J connectivity index is 1.43. The minimum atomic E-state index is 0.463. The van der Waals surface area contributed by atoms with Crippen molar-refractivity contribution < 1.29 is 4.74 Å². The predicted molar refractivity (Wildman–Crippen MR) is 106 cm³/mol. The van der Waals surface area contributed by atoms with Crippen LogP contribution in [0.2, 0.25) is 5.15 Å². The van der Waals surface area contributed by atoms with Crippen molar-refractivity contribution in [3.8, 4) is 5.75 Å². The van der Waals surface area contributed by atoms with Crippen LogP contribution in [0.3, 0.4) is 0 Å². The smallest absolute Gasteiger partial charge is 0.135 e. The van der Waals surface area contributed by atoms with Crippen molar-refractivity contribution >= 4 is 28.2 Å². The maximum absolute atomic E-state index is 6.28. The minimum Gasteiger partial charge on any atom is -0.497 e. The van der Waals surface area contributed by atoms with Gasteiger partial charge in [-0.2, -0.15) is 0 Å². The lowest BCUT2D eigenvalue weighted by Gasteiger charge is -2.49. The van der Waals surface area contributed by atoms with Gasteiger partial charge in [0, 0.05) is 11.4 Å². The standard InChI is InChI=1S/C22H21ClN2O/c1-26-15-7-9-17-14(10-15)11-21(23)25-22(17)24-20-12-19-16-5-3-2-4-13(16)6-8-18(19)20/h2-5,7,9-11,18-20H,6,8,12H2,1H3,(H,24,25). The Morgan fingerprint density at radius 2 is 2.04 bits per heavy atom. The molecule has 3 aromatic rings. The van der Waals surface area contributed by atoms with Crippen LogP contribution in [-0.4, -0.2) is 18.1 Å². The van der Waals surface area contributed by atoms with Gasteiger partial charge in [-0.25, -0.2) is 4.98 Å². The average Bonchev–Trinajstić information content (AvgIpc) is 2.64. The number of aromatic nitrogens is 1. The zero-order valence-corrected chi connectivity index (χ0v) is 15.5. The number of nitrogens with zero attached hydrogens (tertiary/aromatic N) is 1. The van der Waals surface area contributed by atoms with Crippen LogP contribution in [0.1, 0.15) is 29.9 Å². The number of fused-ring (bicyclic) bond motifs is 4. The molecule has 0 radical (unpaired) electrons. The average molecular weight is 365 g/mol. The summed E-state index contributed by atoms with van der Waals surface area (Å²) in [7, 11) is 1.68. The quantitative estimate of drug-likeness (QED) is 0.629. The first-order valence-corrected chi connectivity index (χ1v) is 9.59. The highest BCUT2D eigenvalue weighted by Crippen LogP contribution is 2.50. The van der Waals surface area contributed by atoms with E-state index in [0.717, 1.165) is 28.8 Å². The first-order valence-electron chi connectivity index (χ1n) is 9.21. The zero-order valence-electron chi connectivity index (χ0n) is 14.7. The molecule has 3 unspecified atom stereocenters. The summed E-state index contributed by atoms with van der Waals surface area (Å²) in [4.78, 5) is 4.57. The van der Waals surface area contributed by atoms with Gasteiger partial charge in [0.15, 0.2) is 0 Å². The Kier molecular flexibility index (Phi) is 3.79. The molecule has 26 heavy (non-hydrogen) atoms. The van der Waals surface area contributed by atoms with E-state index < -0.39 is 0 Å². The van der Waals surface area contributed by atoms with Gasteiger partial charge in [0.25, 0.3) is 0 Å². The molecule has 2 aromatic carbocycles. The van der Waals surface area contributed by atoms with E-state index in [1.54, 1.807) is 12.7 Å². The lowest BCUT2D eigenvalue weighted by molar-refractivity contribution is 0.194. The van der Waals surface area contributed by atoms with Gasteiger partial charge in [-0.1, -0.05) is 35.9 Å². The second-order valence-electron chi connectivity index (χ2n) is 7.38. The number of anilines is 1. The molecule has 1 saturated carbocycles. The fourth-order valence-corrected chi connectivity index (χ4v) is 4.90. The van der Waals surface area contributed by atoms with Crippen LogP contribution in [0, 0.1) is 5.92 Å². The van der Waals surface area contributed by atoms with Crippen LogP contribution < -0.4 is 10.1 Å². The van der Waals surface area contributed by atoms with Gasteiger partial charge >= 0.3 is 0 Å². The lowest BCUT2D eigenvalue weighted by Crippen LogP contribution is -2.47. The topological polar surface area (TPSA) is 34.1 Å². The predicted octanol–water partition coefficient (Wildman–Crippen LogP) is 5.43. The molecular weight excluding hydrogens is 344 g/mol. The van der Waals surface area contributed by atoms with E-state index in [2.05, 4.69) is 40.6 Å². The van der Waals surface area contributed by atoms with Crippen molar-refractivity contribution in [3.05, 3.63) is 64.8 Å². The van der Waals surface area contributed by atoms with E-state index >= 15 is 0 Å². The zero-order chi connectivity index (χ0) is 17.7. The van der Waals surface area contributed by atoms with Crippen LogP contribution in [0.15, 0.2) is 48.5 Å². The Hall–Kier alpha value is -2.26. The monoisotopic (exact) mass is 364 g/mol. The molecule has 1 N–H and O–H groups in total. The van der Waals surface area contributed by atoms with E-state index in [1.165, 1.54) is 18.4 Å². The van der Waals surface area contributed by atoms with Crippen molar-refractivity contribution in [1.82, 2.24) is 4.98 Å². The van der Waals surface area contributed by atoms with Gasteiger partial charge in [0.05, 0.1) is 7.11 Å².